The Morgan fingerprint density at radius 1 is 1.00 bits per heavy atom. The maximum Gasteiger partial charge on any atom is 0.223 e. The summed E-state index contributed by atoms with van der Waals surface area (Å²) >= 11 is 1.30. The van der Waals surface area contributed by atoms with Gasteiger partial charge in [-0.2, -0.15) is 0 Å². The third kappa shape index (κ3) is 3.87. The fourth-order valence-corrected chi connectivity index (χ4v) is 2.82. The molecule has 0 radical (unpaired) electrons. The number of hydrogen-bond donors (Lipinski definition) is 1. The number of carbonyl (C=O) groups is 1. The molecule has 1 heterocycles. The summed E-state index contributed by atoms with van der Waals surface area (Å²) in [6.45, 7) is 1.45. The molecule has 114 valence electrons. The van der Waals surface area contributed by atoms with Crippen molar-refractivity contribution < 1.29 is 4.79 Å². The first kappa shape index (κ1) is 15.1. The van der Waals surface area contributed by atoms with E-state index in [4.69, 9.17) is 0 Å². The molecular formula is C17H14N4OS. The Kier molecular flexibility index (Phi) is 4.54. The molecule has 1 amide bonds. The molecule has 0 atom stereocenters. The van der Waals surface area contributed by atoms with E-state index >= 15 is 0 Å². The lowest BCUT2D eigenvalue weighted by Gasteiger charge is -1.97. The SMILES string of the molecule is CC(=O)Nc1nc(-c2ccccc2)c(N=Nc2ccccc2)s1. The molecule has 0 unspecified atom stereocenters. The highest BCUT2D eigenvalue weighted by Gasteiger charge is 2.13. The van der Waals surface area contributed by atoms with Crippen molar-refractivity contribution in [2.24, 2.45) is 10.2 Å². The Morgan fingerprint density at radius 2 is 1.65 bits per heavy atom. The normalized spacial score (nSPS) is 10.8. The Labute approximate surface area is 137 Å². The van der Waals surface area contributed by atoms with Crippen molar-refractivity contribution in [3.05, 3.63) is 60.7 Å². The van der Waals surface area contributed by atoms with Crippen LogP contribution in [-0.2, 0) is 4.79 Å². The molecule has 3 aromatic rings. The summed E-state index contributed by atoms with van der Waals surface area (Å²) in [6, 6.07) is 19.2. The van der Waals surface area contributed by atoms with Gasteiger partial charge in [-0.1, -0.05) is 59.9 Å². The number of hydrogen-bond acceptors (Lipinski definition) is 5. The number of amides is 1. The summed E-state index contributed by atoms with van der Waals surface area (Å²) in [5.74, 6) is -0.162. The fraction of sp³-hybridized carbons (Fsp3) is 0.0588. The number of thiazole rings is 1. The molecule has 0 spiro atoms. The van der Waals surface area contributed by atoms with Crippen LogP contribution in [-0.4, -0.2) is 10.9 Å². The van der Waals surface area contributed by atoms with Crippen LogP contribution in [0, 0.1) is 0 Å². The standard InChI is InChI=1S/C17H14N4OS/c1-12(22)18-17-19-15(13-8-4-2-5-9-13)16(23-17)21-20-14-10-6-3-7-11-14/h2-11H,1H3,(H,18,19,22). The molecule has 0 bridgehead atoms. The smallest absolute Gasteiger partial charge is 0.223 e. The monoisotopic (exact) mass is 322 g/mol. The molecule has 1 N–H and O–H groups in total. The number of carbonyl (C=O) groups excluding carboxylic acids is 1. The number of nitrogens with zero attached hydrogens (tertiary/aromatic N) is 3. The molecule has 0 fully saturated rings. The van der Waals surface area contributed by atoms with Gasteiger partial charge in [0, 0.05) is 12.5 Å². The lowest BCUT2D eigenvalue weighted by molar-refractivity contribution is -0.114. The van der Waals surface area contributed by atoms with Crippen LogP contribution in [0.2, 0.25) is 0 Å². The van der Waals surface area contributed by atoms with Gasteiger partial charge in [0.05, 0.1) is 5.69 Å². The predicted octanol–water partition coefficient (Wildman–Crippen LogP) is 5.18. The van der Waals surface area contributed by atoms with E-state index in [1.807, 2.05) is 60.7 Å². The summed E-state index contributed by atoms with van der Waals surface area (Å²) in [6.07, 6.45) is 0. The molecule has 3 rings (SSSR count). The Bertz CT molecular complexity index is 828. The Morgan fingerprint density at radius 3 is 2.30 bits per heavy atom. The second-order valence-corrected chi connectivity index (χ2v) is 5.73. The van der Waals surface area contributed by atoms with Gasteiger partial charge in [-0.05, 0) is 12.1 Å². The van der Waals surface area contributed by atoms with Gasteiger partial charge in [0.2, 0.25) is 5.91 Å². The van der Waals surface area contributed by atoms with Crippen LogP contribution >= 0.6 is 11.3 Å². The molecule has 23 heavy (non-hydrogen) atoms. The predicted molar refractivity (Wildman–Crippen MR) is 92.5 cm³/mol. The molecule has 2 aromatic carbocycles. The average Bonchev–Trinajstić information content (AvgIpc) is 2.97. The van der Waals surface area contributed by atoms with Crippen molar-refractivity contribution in [1.29, 1.82) is 0 Å². The Balaban J connectivity index is 1.98. The van der Waals surface area contributed by atoms with E-state index in [0.29, 0.717) is 15.8 Å². The quantitative estimate of drug-likeness (QED) is 0.672. The first-order chi connectivity index (χ1) is 11.2. The molecule has 5 nitrogen and oxygen atoms in total. The summed E-state index contributed by atoms with van der Waals surface area (Å²) in [5.41, 5.74) is 2.40. The van der Waals surface area contributed by atoms with Gasteiger partial charge in [-0.3, -0.25) is 4.79 Å². The van der Waals surface area contributed by atoms with Gasteiger partial charge < -0.3 is 5.32 Å². The van der Waals surface area contributed by atoms with Crippen LogP contribution in [0.15, 0.2) is 70.9 Å². The third-order valence-corrected chi connectivity index (χ3v) is 3.81. The van der Waals surface area contributed by atoms with Crippen molar-refractivity contribution >= 4 is 33.1 Å². The lowest BCUT2D eigenvalue weighted by Crippen LogP contribution is -2.04. The topological polar surface area (TPSA) is 66.7 Å². The van der Waals surface area contributed by atoms with Crippen molar-refractivity contribution in [3.63, 3.8) is 0 Å². The fourth-order valence-electron chi connectivity index (χ4n) is 1.97. The summed E-state index contributed by atoms with van der Waals surface area (Å²) in [4.78, 5) is 15.7. The number of aromatic nitrogens is 1. The van der Waals surface area contributed by atoms with Crippen molar-refractivity contribution in [1.82, 2.24) is 4.98 Å². The van der Waals surface area contributed by atoms with Crippen LogP contribution < -0.4 is 5.32 Å². The summed E-state index contributed by atoms with van der Waals surface area (Å²) in [7, 11) is 0. The minimum atomic E-state index is -0.162. The van der Waals surface area contributed by atoms with Crippen molar-refractivity contribution in [3.8, 4) is 11.3 Å². The van der Waals surface area contributed by atoms with E-state index in [-0.39, 0.29) is 5.91 Å². The van der Waals surface area contributed by atoms with Gasteiger partial charge in [0.15, 0.2) is 10.1 Å². The van der Waals surface area contributed by atoms with Crippen LogP contribution in [0.1, 0.15) is 6.92 Å². The van der Waals surface area contributed by atoms with Gasteiger partial charge in [-0.15, -0.1) is 10.2 Å². The first-order valence-electron chi connectivity index (χ1n) is 7.03. The minimum absolute atomic E-state index is 0.162. The van der Waals surface area contributed by atoms with Gasteiger partial charge in [0.1, 0.15) is 5.69 Å². The molecule has 1 aromatic heterocycles. The third-order valence-electron chi connectivity index (χ3n) is 2.95. The number of nitrogens with one attached hydrogen (secondary N) is 1. The van der Waals surface area contributed by atoms with E-state index in [9.17, 15) is 4.79 Å². The van der Waals surface area contributed by atoms with Gasteiger partial charge in [-0.25, -0.2) is 4.98 Å². The number of rotatable bonds is 4. The second kappa shape index (κ2) is 6.93. The first-order valence-corrected chi connectivity index (χ1v) is 7.84. The van der Waals surface area contributed by atoms with E-state index in [0.717, 1.165) is 11.3 Å². The highest BCUT2D eigenvalue weighted by molar-refractivity contribution is 7.19. The molecule has 0 saturated heterocycles. The van der Waals surface area contributed by atoms with E-state index < -0.39 is 0 Å². The minimum Gasteiger partial charge on any atom is -0.302 e. The highest BCUT2D eigenvalue weighted by Crippen LogP contribution is 2.38. The van der Waals surface area contributed by atoms with Crippen molar-refractivity contribution in [2.45, 2.75) is 6.92 Å². The number of azo groups is 1. The zero-order chi connectivity index (χ0) is 16.1. The maximum atomic E-state index is 11.3. The molecular weight excluding hydrogens is 308 g/mol. The lowest BCUT2D eigenvalue weighted by atomic mass is 10.2. The molecule has 6 heteroatoms. The van der Waals surface area contributed by atoms with E-state index in [2.05, 4.69) is 20.5 Å². The highest BCUT2D eigenvalue weighted by atomic mass is 32.1. The van der Waals surface area contributed by atoms with Crippen LogP contribution in [0.3, 0.4) is 0 Å². The molecule has 0 saturated carbocycles. The maximum absolute atomic E-state index is 11.3. The Hall–Kier alpha value is -2.86. The molecule has 0 aliphatic carbocycles. The number of benzene rings is 2. The number of anilines is 1. The average molecular weight is 322 g/mol. The molecule has 0 aliphatic rings. The van der Waals surface area contributed by atoms with Crippen LogP contribution in [0.25, 0.3) is 11.3 Å². The van der Waals surface area contributed by atoms with Crippen LogP contribution in [0.5, 0.6) is 0 Å². The molecule has 0 aliphatic heterocycles. The van der Waals surface area contributed by atoms with Gasteiger partial charge in [0.25, 0.3) is 0 Å². The van der Waals surface area contributed by atoms with Crippen molar-refractivity contribution in [2.75, 3.05) is 5.32 Å². The second-order valence-electron chi connectivity index (χ2n) is 4.76. The van der Waals surface area contributed by atoms with E-state index in [1.165, 1.54) is 18.3 Å². The largest absolute Gasteiger partial charge is 0.302 e. The summed E-state index contributed by atoms with van der Waals surface area (Å²) < 4.78 is 0. The van der Waals surface area contributed by atoms with Crippen LogP contribution in [0.4, 0.5) is 15.8 Å². The zero-order valence-corrected chi connectivity index (χ0v) is 13.2. The van der Waals surface area contributed by atoms with E-state index in [1.54, 1.807) is 0 Å². The zero-order valence-electron chi connectivity index (χ0n) is 12.4. The summed E-state index contributed by atoms with van der Waals surface area (Å²) in [5, 5.41) is 12.4. The van der Waals surface area contributed by atoms with Gasteiger partial charge >= 0.3 is 0 Å².